The maximum absolute atomic E-state index is 12.4. The lowest BCUT2D eigenvalue weighted by Crippen LogP contribution is -2.43. The molecule has 0 aromatic rings. The Morgan fingerprint density at radius 1 is 1.04 bits per heavy atom. The summed E-state index contributed by atoms with van der Waals surface area (Å²) in [6, 6.07) is 0. The maximum atomic E-state index is 12.4. The van der Waals surface area contributed by atoms with Gasteiger partial charge in [0, 0.05) is 26.1 Å². The van der Waals surface area contributed by atoms with Crippen molar-refractivity contribution in [2.24, 2.45) is 17.8 Å². The molecule has 23 heavy (non-hydrogen) atoms. The summed E-state index contributed by atoms with van der Waals surface area (Å²) in [7, 11) is 0. The zero-order valence-corrected chi connectivity index (χ0v) is 13.9. The van der Waals surface area contributed by atoms with Gasteiger partial charge in [-0.3, -0.25) is 9.59 Å². The first-order chi connectivity index (χ1) is 11.1. The standard InChI is InChI=1S/C18H29NO4/c20-16(6-5-13-3-1-2-4-13)19-10-7-14(8-11-19)17-15(18(21)22)9-12-23-17/h13-15,17H,1-12H2,(H,21,22)/t15?,17-/m0/s1. The van der Waals surface area contributed by atoms with Crippen LogP contribution in [0.4, 0.5) is 0 Å². The molecule has 1 N–H and O–H groups in total. The molecule has 5 nitrogen and oxygen atoms in total. The van der Waals surface area contributed by atoms with Crippen molar-refractivity contribution in [3.63, 3.8) is 0 Å². The van der Waals surface area contributed by atoms with E-state index in [1.165, 1.54) is 25.7 Å². The summed E-state index contributed by atoms with van der Waals surface area (Å²) in [6.45, 7) is 2.09. The average molecular weight is 323 g/mol. The zero-order chi connectivity index (χ0) is 16.2. The summed E-state index contributed by atoms with van der Waals surface area (Å²) in [6.07, 6.45) is 9.22. The maximum Gasteiger partial charge on any atom is 0.309 e. The van der Waals surface area contributed by atoms with E-state index in [1.807, 2.05) is 4.90 Å². The number of piperidine rings is 1. The number of carbonyl (C=O) groups excluding carboxylic acids is 1. The van der Waals surface area contributed by atoms with Gasteiger partial charge >= 0.3 is 5.97 Å². The molecule has 2 heterocycles. The molecule has 1 aliphatic carbocycles. The lowest BCUT2D eigenvalue weighted by Gasteiger charge is -2.35. The number of carboxylic acids is 1. The number of aliphatic carboxylic acids is 1. The third-order valence-electron chi connectivity index (χ3n) is 6.05. The van der Waals surface area contributed by atoms with Gasteiger partial charge in [0.2, 0.25) is 5.91 Å². The van der Waals surface area contributed by atoms with E-state index in [4.69, 9.17) is 4.74 Å². The molecule has 2 atom stereocenters. The summed E-state index contributed by atoms with van der Waals surface area (Å²) >= 11 is 0. The van der Waals surface area contributed by atoms with Crippen molar-refractivity contribution >= 4 is 11.9 Å². The van der Waals surface area contributed by atoms with Gasteiger partial charge in [-0.25, -0.2) is 0 Å². The topological polar surface area (TPSA) is 66.8 Å². The predicted octanol–water partition coefficient (Wildman–Crippen LogP) is 2.69. The Morgan fingerprint density at radius 3 is 2.39 bits per heavy atom. The quantitative estimate of drug-likeness (QED) is 0.845. The number of carboxylic acid groups (broad SMARTS) is 1. The Bertz CT molecular complexity index is 425. The van der Waals surface area contributed by atoms with E-state index in [9.17, 15) is 14.7 Å². The summed E-state index contributed by atoms with van der Waals surface area (Å²) in [5.74, 6) is 0.252. The van der Waals surface area contributed by atoms with E-state index >= 15 is 0 Å². The van der Waals surface area contributed by atoms with Gasteiger partial charge in [-0.05, 0) is 37.5 Å². The van der Waals surface area contributed by atoms with Gasteiger partial charge in [-0.2, -0.15) is 0 Å². The van der Waals surface area contributed by atoms with E-state index in [0.29, 0.717) is 19.4 Å². The molecule has 2 saturated heterocycles. The Hall–Kier alpha value is -1.10. The predicted molar refractivity (Wildman–Crippen MR) is 86.0 cm³/mol. The summed E-state index contributed by atoms with van der Waals surface area (Å²) in [4.78, 5) is 25.6. The van der Waals surface area contributed by atoms with Crippen LogP contribution in [0.2, 0.25) is 0 Å². The molecule has 0 bridgehead atoms. The smallest absolute Gasteiger partial charge is 0.309 e. The lowest BCUT2D eigenvalue weighted by atomic mass is 9.84. The van der Waals surface area contributed by atoms with Crippen LogP contribution in [0.15, 0.2) is 0 Å². The highest BCUT2D eigenvalue weighted by Crippen LogP contribution is 2.34. The van der Waals surface area contributed by atoms with E-state index in [1.54, 1.807) is 0 Å². The van der Waals surface area contributed by atoms with Crippen LogP contribution in [0.1, 0.15) is 57.8 Å². The van der Waals surface area contributed by atoms with Gasteiger partial charge in [0.25, 0.3) is 0 Å². The molecule has 1 unspecified atom stereocenters. The molecule has 0 spiro atoms. The number of amides is 1. The number of nitrogens with zero attached hydrogens (tertiary/aromatic N) is 1. The van der Waals surface area contributed by atoms with E-state index in [2.05, 4.69) is 0 Å². The number of rotatable bonds is 5. The molecule has 0 aromatic heterocycles. The van der Waals surface area contributed by atoms with Crippen LogP contribution in [0.25, 0.3) is 0 Å². The van der Waals surface area contributed by atoms with Gasteiger partial charge in [0.1, 0.15) is 0 Å². The second-order valence-electron chi connectivity index (χ2n) is 7.48. The first-order valence-corrected chi connectivity index (χ1v) is 9.27. The molecule has 2 aliphatic heterocycles. The first kappa shape index (κ1) is 16.7. The van der Waals surface area contributed by atoms with Crippen molar-refractivity contribution in [3.8, 4) is 0 Å². The molecule has 3 rings (SSSR count). The van der Waals surface area contributed by atoms with E-state index < -0.39 is 5.97 Å². The molecular weight excluding hydrogens is 294 g/mol. The minimum atomic E-state index is -0.734. The van der Waals surface area contributed by atoms with Crippen molar-refractivity contribution in [1.82, 2.24) is 4.90 Å². The largest absolute Gasteiger partial charge is 0.481 e. The van der Waals surface area contributed by atoms with Gasteiger partial charge in [0.15, 0.2) is 0 Å². The van der Waals surface area contributed by atoms with Gasteiger partial charge in [-0.15, -0.1) is 0 Å². The Morgan fingerprint density at radius 2 is 1.74 bits per heavy atom. The zero-order valence-electron chi connectivity index (χ0n) is 13.9. The molecule has 3 aliphatic rings. The molecule has 130 valence electrons. The molecule has 0 aromatic carbocycles. The fraction of sp³-hybridized carbons (Fsp3) is 0.889. The van der Waals surface area contributed by atoms with Crippen LogP contribution in [0.3, 0.4) is 0 Å². The van der Waals surface area contributed by atoms with Crippen molar-refractivity contribution in [3.05, 3.63) is 0 Å². The second-order valence-corrected chi connectivity index (χ2v) is 7.48. The van der Waals surface area contributed by atoms with Crippen LogP contribution in [-0.2, 0) is 14.3 Å². The van der Waals surface area contributed by atoms with Crippen molar-refractivity contribution in [2.75, 3.05) is 19.7 Å². The van der Waals surface area contributed by atoms with Crippen LogP contribution in [0, 0.1) is 17.8 Å². The van der Waals surface area contributed by atoms with Crippen LogP contribution < -0.4 is 0 Å². The minimum Gasteiger partial charge on any atom is -0.481 e. The van der Waals surface area contributed by atoms with Crippen LogP contribution >= 0.6 is 0 Å². The fourth-order valence-electron chi connectivity index (χ4n) is 4.60. The SMILES string of the molecule is O=C(O)C1CCO[C@H]1C1CCN(C(=O)CCC2CCCC2)CC1. The summed E-state index contributed by atoms with van der Waals surface area (Å²) in [5.41, 5.74) is 0. The number of hydrogen-bond acceptors (Lipinski definition) is 3. The second kappa shape index (κ2) is 7.65. The van der Waals surface area contributed by atoms with Gasteiger partial charge in [-0.1, -0.05) is 25.7 Å². The minimum absolute atomic E-state index is 0.150. The number of likely N-dealkylation sites (tertiary alicyclic amines) is 1. The Kier molecular flexibility index (Phi) is 5.57. The molecule has 1 saturated carbocycles. The molecular formula is C18H29NO4. The fourth-order valence-corrected chi connectivity index (χ4v) is 4.60. The Balaban J connectivity index is 1.42. The highest BCUT2D eigenvalue weighted by atomic mass is 16.5. The number of carbonyl (C=O) groups is 2. The van der Waals surface area contributed by atoms with Crippen molar-refractivity contribution < 1.29 is 19.4 Å². The highest BCUT2D eigenvalue weighted by molar-refractivity contribution is 5.76. The molecule has 5 heteroatoms. The normalized spacial score (nSPS) is 30.0. The average Bonchev–Trinajstić information content (AvgIpc) is 3.24. The van der Waals surface area contributed by atoms with Crippen LogP contribution in [-0.4, -0.2) is 47.7 Å². The van der Waals surface area contributed by atoms with E-state index in [0.717, 1.165) is 38.3 Å². The molecule has 3 fully saturated rings. The molecule has 1 amide bonds. The van der Waals surface area contributed by atoms with Crippen molar-refractivity contribution in [2.45, 2.75) is 63.9 Å². The number of hydrogen-bond donors (Lipinski definition) is 1. The lowest BCUT2D eigenvalue weighted by molar-refractivity contribution is -0.146. The van der Waals surface area contributed by atoms with E-state index in [-0.39, 0.29) is 23.8 Å². The first-order valence-electron chi connectivity index (χ1n) is 9.27. The summed E-state index contributed by atoms with van der Waals surface area (Å²) < 4.78 is 5.69. The summed E-state index contributed by atoms with van der Waals surface area (Å²) in [5, 5.41) is 9.28. The highest BCUT2D eigenvalue weighted by Gasteiger charge is 2.40. The Labute approximate surface area is 138 Å². The van der Waals surface area contributed by atoms with Crippen LogP contribution in [0.5, 0.6) is 0 Å². The molecule has 0 radical (unpaired) electrons. The third kappa shape index (κ3) is 4.06. The van der Waals surface area contributed by atoms with Gasteiger partial charge in [0.05, 0.1) is 12.0 Å². The third-order valence-corrected chi connectivity index (χ3v) is 6.05. The van der Waals surface area contributed by atoms with Crippen molar-refractivity contribution in [1.29, 1.82) is 0 Å². The number of ether oxygens (including phenoxy) is 1. The monoisotopic (exact) mass is 323 g/mol. The van der Waals surface area contributed by atoms with Gasteiger partial charge < -0.3 is 14.7 Å².